The summed E-state index contributed by atoms with van der Waals surface area (Å²) in [5.74, 6) is 2.62. The molecule has 7 nitrogen and oxygen atoms in total. The Morgan fingerprint density at radius 3 is 2.24 bits per heavy atom. The maximum absolute atomic E-state index is 12.8. The molecular formula is C26H35N3O4. The molecule has 2 amide bonds. The lowest BCUT2D eigenvalue weighted by Gasteiger charge is -2.35. The molecule has 2 aromatic rings. The molecule has 0 bridgehead atoms. The zero-order valence-electron chi connectivity index (χ0n) is 19.8. The minimum absolute atomic E-state index is 0.109. The summed E-state index contributed by atoms with van der Waals surface area (Å²) >= 11 is 0. The highest BCUT2D eigenvalue weighted by atomic mass is 16.5. The molecule has 2 fully saturated rings. The number of carbonyl (C=O) groups is 2. The Balaban J connectivity index is 1.19. The van der Waals surface area contributed by atoms with Crippen molar-refractivity contribution >= 4 is 11.8 Å². The van der Waals surface area contributed by atoms with Crippen LogP contribution >= 0.6 is 0 Å². The molecule has 178 valence electrons. The van der Waals surface area contributed by atoms with E-state index in [1.165, 1.54) is 25.7 Å². The van der Waals surface area contributed by atoms with Crippen LogP contribution in [0.2, 0.25) is 0 Å². The third-order valence-corrected chi connectivity index (χ3v) is 7.07. The maximum Gasteiger partial charge on any atom is 0.227 e. The van der Waals surface area contributed by atoms with Gasteiger partial charge in [-0.15, -0.1) is 0 Å². The van der Waals surface area contributed by atoms with E-state index in [-0.39, 0.29) is 11.8 Å². The Labute approximate surface area is 196 Å². The van der Waals surface area contributed by atoms with Crippen molar-refractivity contribution in [3.63, 3.8) is 0 Å². The van der Waals surface area contributed by atoms with Crippen LogP contribution in [0.5, 0.6) is 5.75 Å². The normalized spacial score (nSPS) is 16.9. The summed E-state index contributed by atoms with van der Waals surface area (Å²) in [6, 6.07) is 7.65. The molecule has 1 aliphatic carbocycles. The Morgan fingerprint density at radius 2 is 1.64 bits per heavy atom. The van der Waals surface area contributed by atoms with Gasteiger partial charge < -0.3 is 19.1 Å². The SMILES string of the molecule is Cc1noc(C)c1COc1ccc(CC(=O)N2CCN(C(=O)CCC3CCCC3)CC2)cc1. The topological polar surface area (TPSA) is 75.9 Å². The van der Waals surface area contributed by atoms with Crippen LogP contribution in [0.3, 0.4) is 0 Å². The number of carbonyl (C=O) groups excluding carboxylic acids is 2. The predicted octanol–water partition coefficient (Wildman–Crippen LogP) is 4.05. The molecule has 2 heterocycles. The monoisotopic (exact) mass is 453 g/mol. The average Bonchev–Trinajstić information content (AvgIpc) is 3.47. The summed E-state index contributed by atoms with van der Waals surface area (Å²) in [7, 11) is 0. The van der Waals surface area contributed by atoms with Crippen LogP contribution in [0.15, 0.2) is 28.8 Å². The highest BCUT2D eigenvalue weighted by Gasteiger charge is 2.25. The quantitative estimate of drug-likeness (QED) is 0.603. The van der Waals surface area contributed by atoms with E-state index < -0.39 is 0 Å². The zero-order chi connectivity index (χ0) is 23.2. The summed E-state index contributed by atoms with van der Waals surface area (Å²) in [5, 5.41) is 3.94. The van der Waals surface area contributed by atoms with Crippen LogP contribution in [0, 0.1) is 19.8 Å². The first-order valence-electron chi connectivity index (χ1n) is 12.2. The molecule has 0 N–H and O–H groups in total. The molecule has 33 heavy (non-hydrogen) atoms. The molecule has 1 saturated heterocycles. The van der Waals surface area contributed by atoms with Crippen molar-refractivity contribution < 1.29 is 18.8 Å². The van der Waals surface area contributed by atoms with Crippen LogP contribution in [0.1, 0.15) is 61.1 Å². The largest absolute Gasteiger partial charge is 0.489 e. The van der Waals surface area contributed by atoms with Gasteiger partial charge in [-0.05, 0) is 43.9 Å². The summed E-state index contributed by atoms with van der Waals surface area (Å²) < 4.78 is 11.0. The fourth-order valence-electron chi connectivity index (χ4n) is 4.84. The molecule has 1 aromatic heterocycles. The average molecular weight is 454 g/mol. The second-order valence-electron chi connectivity index (χ2n) is 9.36. The third kappa shape index (κ3) is 6.15. The molecule has 1 saturated carbocycles. The van der Waals surface area contributed by atoms with Crippen molar-refractivity contribution in [1.29, 1.82) is 0 Å². The molecular weight excluding hydrogens is 418 g/mol. The highest BCUT2D eigenvalue weighted by molar-refractivity contribution is 5.80. The van der Waals surface area contributed by atoms with Crippen molar-refractivity contribution in [2.24, 2.45) is 5.92 Å². The van der Waals surface area contributed by atoms with E-state index in [4.69, 9.17) is 9.26 Å². The standard InChI is InChI=1S/C26H35N3O4/c1-19-24(20(2)33-27-19)18-32-23-10-7-22(8-11-23)17-26(31)29-15-13-28(14-16-29)25(30)12-9-21-5-3-4-6-21/h7-8,10-11,21H,3-6,9,12-18H2,1-2H3. The van der Waals surface area contributed by atoms with Gasteiger partial charge in [0.05, 0.1) is 17.7 Å². The van der Waals surface area contributed by atoms with E-state index in [9.17, 15) is 9.59 Å². The number of amides is 2. The number of nitrogens with zero attached hydrogens (tertiary/aromatic N) is 3. The molecule has 1 aromatic carbocycles. The molecule has 0 radical (unpaired) electrons. The highest BCUT2D eigenvalue weighted by Crippen LogP contribution is 2.28. The lowest BCUT2D eigenvalue weighted by molar-refractivity contribution is -0.139. The fraction of sp³-hybridized carbons (Fsp3) is 0.577. The summed E-state index contributed by atoms with van der Waals surface area (Å²) in [4.78, 5) is 29.1. The first-order chi connectivity index (χ1) is 16.0. The van der Waals surface area contributed by atoms with E-state index in [0.717, 1.165) is 40.7 Å². The first kappa shape index (κ1) is 23.3. The van der Waals surface area contributed by atoms with Gasteiger partial charge in [-0.1, -0.05) is 43.0 Å². The van der Waals surface area contributed by atoms with Crippen LogP contribution < -0.4 is 4.74 Å². The number of hydrogen-bond donors (Lipinski definition) is 0. The summed E-state index contributed by atoms with van der Waals surface area (Å²) in [5.41, 5.74) is 2.76. The molecule has 2 aliphatic rings. The van der Waals surface area contributed by atoms with Crippen molar-refractivity contribution in [3.05, 3.63) is 46.8 Å². The zero-order valence-corrected chi connectivity index (χ0v) is 19.8. The van der Waals surface area contributed by atoms with Crippen LogP contribution in [-0.2, 0) is 22.6 Å². The van der Waals surface area contributed by atoms with Gasteiger partial charge in [0, 0.05) is 32.6 Å². The van der Waals surface area contributed by atoms with Gasteiger partial charge in [0.25, 0.3) is 0 Å². The second-order valence-corrected chi connectivity index (χ2v) is 9.36. The Hall–Kier alpha value is -2.83. The second kappa shape index (κ2) is 10.9. The number of ether oxygens (including phenoxy) is 1. The number of piperazine rings is 1. The number of aromatic nitrogens is 1. The maximum atomic E-state index is 12.8. The van der Waals surface area contributed by atoms with Gasteiger partial charge in [0.2, 0.25) is 11.8 Å². The summed E-state index contributed by atoms with van der Waals surface area (Å²) in [6.45, 7) is 6.70. The summed E-state index contributed by atoms with van der Waals surface area (Å²) in [6.07, 6.45) is 7.24. The number of hydrogen-bond acceptors (Lipinski definition) is 5. The van der Waals surface area contributed by atoms with Crippen molar-refractivity contribution in [1.82, 2.24) is 15.0 Å². The van der Waals surface area contributed by atoms with Gasteiger partial charge >= 0.3 is 0 Å². The lowest BCUT2D eigenvalue weighted by atomic mass is 10.0. The van der Waals surface area contributed by atoms with E-state index in [1.54, 1.807) is 0 Å². The van der Waals surface area contributed by atoms with Crippen molar-refractivity contribution in [2.45, 2.75) is 65.4 Å². The Morgan fingerprint density at radius 1 is 1.00 bits per heavy atom. The fourth-order valence-corrected chi connectivity index (χ4v) is 4.84. The van der Waals surface area contributed by atoms with Gasteiger partial charge in [-0.3, -0.25) is 9.59 Å². The van der Waals surface area contributed by atoms with Crippen molar-refractivity contribution in [3.8, 4) is 5.75 Å². The smallest absolute Gasteiger partial charge is 0.227 e. The van der Waals surface area contributed by atoms with Crippen LogP contribution in [0.25, 0.3) is 0 Å². The molecule has 0 spiro atoms. The van der Waals surface area contributed by atoms with E-state index in [1.807, 2.05) is 47.9 Å². The molecule has 0 atom stereocenters. The minimum atomic E-state index is 0.109. The Kier molecular flexibility index (Phi) is 7.68. The van der Waals surface area contributed by atoms with Crippen LogP contribution in [-0.4, -0.2) is 52.9 Å². The van der Waals surface area contributed by atoms with E-state index in [2.05, 4.69) is 5.16 Å². The van der Waals surface area contributed by atoms with E-state index >= 15 is 0 Å². The molecule has 1 aliphatic heterocycles. The minimum Gasteiger partial charge on any atom is -0.489 e. The number of benzene rings is 1. The molecule has 0 unspecified atom stereocenters. The van der Waals surface area contributed by atoms with Gasteiger partial charge in [-0.25, -0.2) is 0 Å². The first-order valence-corrected chi connectivity index (χ1v) is 12.2. The lowest BCUT2D eigenvalue weighted by Crippen LogP contribution is -2.51. The Bertz CT molecular complexity index is 919. The third-order valence-electron chi connectivity index (χ3n) is 7.07. The van der Waals surface area contributed by atoms with Crippen molar-refractivity contribution in [2.75, 3.05) is 26.2 Å². The molecule has 7 heteroatoms. The molecule has 4 rings (SSSR count). The predicted molar refractivity (Wildman–Crippen MR) is 125 cm³/mol. The number of aryl methyl sites for hydroxylation is 2. The van der Waals surface area contributed by atoms with Crippen LogP contribution in [0.4, 0.5) is 0 Å². The number of rotatable bonds is 8. The van der Waals surface area contributed by atoms with Gasteiger partial charge in [0.15, 0.2) is 0 Å². The van der Waals surface area contributed by atoms with Gasteiger partial charge in [0.1, 0.15) is 18.1 Å². The van der Waals surface area contributed by atoms with Gasteiger partial charge in [-0.2, -0.15) is 0 Å². The van der Waals surface area contributed by atoms with E-state index in [0.29, 0.717) is 45.6 Å².